The Morgan fingerprint density at radius 3 is 2.65 bits per heavy atom. The maximum absolute atomic E-state index is 12.7. The molecule has 0 radical (unpaired) electrons. The first kappa shape index (κ1) is 16.9. The molecule has 3 unspecified atom stereocenters. The number of carbonyl (C=O) groups excluding carboxylic acids is 1. The van der Waals surface area contributed by atoms with Gasteiger partial charge in [-0.2, -0.15) is 0 Å². The predicted molar refractivity (Wildman–Crippen MR) is 95.2 cm³/mol. The molecule has 1 aromatic carbocycles. The van der Waals surface area contributed by atoms with Crippen molar-refractivity contribution in [2.45, 2.75) is 36.8 Å². The Kier molecular flexibility index (Phi) is 5.69. The minimum atomic E-state index is -0.175. The van der Waals surface area contributed by atoms with E-state index < -0.39 is 0 Å². The van der Waals surface area contributed by atoms with E-state index in [0.717, 1.165) is 39.1 Å². The lowest BCUT2D eigenvalue weighted by Crippen LogP contribution is -2.49. The Labute approximate surface area is 146 Å². The van der Waals surface area contributed by atoms with E-state index in [1.54, 1.807) is 0 Å². The molecule has 0 aliphatic carbocycles. The normalized spacial score (nSPS) is 29.5. The molecule has 126 valence electrons. The quantitative estimate of drug-likeness (QED) is 0.777. The molecule has 2 fully saturated rings. The van der Waals surface area contributed by atoms with Crippen molar-refractivity contribution in [3.63, 3.8) is 0 Å². The molecule has 3 atom stereocenters. The van der Waals surface area contributed by atoms with Gasteiger partial charge in [-0.3, -0.25) is 15.1 Å². The molecule has 23 heavy (non-hydrogen) atoms. The van der Waals surface area contributed by atoms with Crippen LogP contribution < -0.4 is 10.9 Å². The van der Waals surface area contributed by atoms with Gasteiger partial charge in [-0.25, -0.2) is 5.43 Å². The SMILES string of the molecule is CC1NNC(C(=O)N2CCCN(Cc3ccccc3)CC2)C1Br. The number of hydrogen-bond donors (Lipinski definition) is 2. The summed E-state index contributed by atoms with van der Waals surface area (Å²) >= 11 is 3.63. The van der Waals surface area contributed by atoms with E-state index >= 15 is 0 Å². The van der Waals surface area contributed by atoms with E-state index in [1.165, 1.54) is 5.56 Å². The highest BCUT2D eigenvalue weighted by atomic mass is 79.9. The van der Waals surface area contributed by atoms with Gasteiger partial charge in [0.1, 0.15) is 6.04 Å². The summed E-state index contributed by atoms with van der Waals surface area (Å²) in [6, 6.07) is 10.6. The average molecular weight is 381 g/mol. The summed E-state index contributed by atoms with van der Waals surface area (Å²) < 4.78 is 0. The molecule has 0 spiro atoms. The van der Waals surface area contributed by atoms with Crippen LogP contribution in [-0.2, 0) is 11.3 Å². The molecule has 2 saturated heterocycles. The first-order valence-corrected chi connectivity index (χ1v) is 9.27. The molecule has 2 aliphatic rings. The minimum Gasteiger partial charge on any atom is -0.340 e. The van der Waals surface area contributed by atoms with Crippen molar-refractivity contribution in [3.8, 4) is 0 Å². The van der Waals surface area contributed by atoms with Crippen LogP contribution in [0.5, 0.6) is 0 Å². The standard InChI is InChI=1S/C17H25BrN4O/c1-13-15(18)16(20-19-13)17(23)22-9-5-8-21(10-11-22)12-14-6-3-2-4-7-14/h2-4,6-7,13,15-16,19-20H,5,8-12H2,1H3. The van der Waals surface area contributed by atoms with Crippen LogP contribution in [-0.4, -0.2) is 58.8 Å². The molecular weight excluding hydrogens is 356 g/mol. The number of rotatable bonds is 3. The fraction of sp³-hybridized carbons (Fsp3) is 0.588. The molecule has 0 bridgehead atoms. The van der Waals surface area contributed by atoms with Crippen molar-refractivity contribution in [1.29, 1.82) is 0 Å². The van der Waals surface area contributed by atoms with Gasteiger partial charge in [0, 0.05) is 38.8 Å². The number of benzene rings is 1. The number of nitrogens with zero attached hydrogens (tertiary/aromatic N) is 2. The Balaban J connectivity index is 1.55. The number of carbonyl (C=O) groups is 1. The topological polar surface area (TPSA) is 47.6 Å². The molecular formula is C17H25BrN4O. The summed E-state index contributed by atoms with van der Waals surface area (Å²) in [5.41, 5.74) is 7.60. The number of hydrazine groups is 1. The van der Waals surface area contributed by atoms with E-state index in [0.29, 0.717) is 0 Å². The molecule has 3 rings (SSSR count). The Morgan fingerprint density at radius 2 is 1.96 bits per heavy atom. The van der Waals surface area contributed by atoms with Crippen LogP contribution in [0.3, 0.4) is 0 Å². The predicted octanol–water partition coefficient (Wildman–Crippen LogP) is 1.35. The van der Waals surface area contributed by atoms with Gasteiger partial charge in [0.05, 0.1) is 4.83 Å². The van der Waals surface area contributed by atoms with Crippen LogP contribution in [0, 0.1) is 0 Å². The molecule has 6 heteroatoms. The van der Waals surface area contributed by atoms with Crippen LogP contribution in [0.4, 0.5) is 0 Å². The third-order valence-corrected chi connectivity index (χ3v) is 6.00. The van der Waals surface area contributed by atoms with Gasteiger partial charge >= 0.3 is 0 Å². The third-order valence-electron chi connectivity index (χ3n) is 4.68. The molecule has 0 saturated carbocycles. The third kappa shape index (κ3) is 4.12. The van der Waals surface area contributed by atoms with Crippen molar-refractivity contribution in [2.75, 3.05) is 26.2 Å². The fourth-order valence-corrected chi connectivity index (χ4v) is 3.75. The number of nitrogens with one attached hydrogen (secondary N) is 2. The van der Waals surface area contributed by atoms with Crippen molar-refractivity contribution >= 4 is 21.8 Å². The highest BCUT2D eigenvalue weighted by molar-refractivity contribution is 9.09. The van der Waals surface area contributed by atoms with Crippen molar-refractivity contribution in [3.05, 3.63) is 35.9 Å². The molecule has 0 aromatic heterocycles. The van der Waals surface area contributed by atoms with Crippen molar-refractivity contribution in [2.24, 2.45) is 0 Å². The van der Waals surface area contributed by atoms with Crippen molar-refractivity contribution in [1.82, 2.24) is 20.7 Å². The van der Waals surface area contributed by atoms with E-state index in [-0.39, 0.29) is 22.8 Å². The summed E-state index contributed by atoms with van der Waals surface area (Å²) in [6.45, 7) is 6.66. The van der Waals surface area contributed by atoms with Gasteiger partial charge in [0.15, 0.2) is 0 Å². The minimum absolute atomic E-state index is 0.138. The highest BCUT2D eigenvalue weighted by Gasteiger charge is 2.38. The Hall–Kier alpha value is -0.950. The summed E-state index contributed by atoms with van der Waals surface area (Å²) in [5, 5.41) is 0. The van der Waals surface area contributed by atoms with E-state index in [9.17, 15) is 4.79 Å². The highest BCUT2D eigenvalue weighted by Crippen LogP contribution is 2.18. The second-order valence-corrected chi connectivity index (χ2v) is 7.50. The van der Waals surface area contributed by atoms with Gasteiger partial charge < -0.3 is 4.90 Å². The summed E-state index contributed by atoms with van der Waals surface area (Å²) in [5.74, 6) is 0.199. The molecule has 2 heterocycles. The number of amides is 1. The van der Waals surface area contributed by atoms with Gasteiger partial charge in [0.25, 0.3) is 0 Å². The van der Waals surface area contributed by atoms with Crippen LogP contribution in [0.25, 0.3) is 0 Å². The van der Waals surface area contributed by atoms with Crippen LogP contribution >= 0.6 is 15.9 Å². The van der Waals surface area contributed by atoms with E-state index in [4.69, 9.17) is 0 Å². The smallest absolute Gasteiger partial charge is 0.242 e. The van der Waals surface area contributed by atoms with Gasteiger partial charge in [0.2, 0.25) is 5.91 Å². The van der Waals surface area contributed by atoms with Crippen LogP contribution in [0.2, 0.25) is 0 Å². The maximum Gasteiger partial charge on any atom is 0.242 e. The fourth-order valence-electron chi connectivity index (χ4n) is 3.25. The molecule has 2 N–H and O–H groups in total. The first-order chi connectivity index (χ1) is 11.1. The average Bonchev–Trinajstić information content (AvgIpc) is 2.77. The zero-order valence-electron chi connectivity index (χ0n) is 13.5. The molecule has 1 aromatic rings. The Morgan fingerprint density at radius 1 is 1.17 bits per heavy atom. The van der Waals surface area contributed by atoms with E-state index in [2.05, 4.69) is 62.9 Å². The lowest BCUT2D eigenvalue weighted by Gasteiger charge is -2.25. The van der Waals surface area contributed by atoms with Crippen LogP contribution in [0.1, 0.15) is 18.9 Å². The summed E-state index contributed by atoms with van der Waals surface area (Å²) in [4.78, 5) is 17.3. The lowest BCUT2D eigenvalue weighted by molar-refractivity contribution is -0.132. The second kappa shape index (κ2) is 7.75. The first-order valence-electron chi connectivity index (χ1n) is 8.35. The molecule has 1 amide bonds. The summed E-state index contributed by atoms with van der Waals surface area (Å²) in [7, 11) is 0. The zero-order chi connectivity index (χ0) is 16.2. The molecule has 2 aliphatic heterocycles. The number of hydrogen-bond acceptors (Lipinski definition) is 4. The monoisotopic (exact) mass is 380 g/mol. The lowest BCUT2D eigenvalue weighted by atomic mass is 10.1. The number of halogens is 1. The number of alkyl halides is 1. The maximum atomic E-state index is 12.7. The summed E-state index contributed by atoms with van der Waals surface area (Å²) in [6.07, 6.45) is 1.03. The van der Waals surface area contributed by atoms with Crippen LogP contribution in [0.15, 0.2) is 30.3 Å². The van der Waals surface area contributed by atoms with Gasteiger partial charge in [-0.05, 0) is 18.9 Å². The molecule has 5 nitrogen and oxygen atoms in total. The largest absolute Gasteiger partial charge is 0.340 e. The van der Waals surface area contributed by atoms with Gasteiger partial charge in [-0.1, -0.05) is 46.3 Å². The zero-order valence-corrected chi connectivity index (χ0v) is 15.1. The van der Waals surface area contributed by atoms with Gasteiger partial charge in [-0.15, -0.1) is 0 Å². The Bertz CT molecular complexity index is 527. The van der Waals surface area contributed by atoms with Crippen molar-refractivity contribution < 1.29 is 4.79 Å². The van der Waals surface area contributed by atoms with E-state index in [1.807, 2.05) is 11.0 Å². The second-order valence-electron chi connectivity index (χ2n) is 6.44.